The molecule has 3 aromatic rings. The summed E-state index contributed by atoms with van der Waals surface area (Å²) in [5.74, 6) is 1.22. The number of para-hydroxylation sites is 1. The number of non-ortho nitro benzene ring substituents is 1. The molecule has 0 saturated heterocycles. The van der Waals surface area contributed by atoms with Gasteiger partial charge in [-0.05, 0) is 70.1 Å². The van der Waals surface area contributed by atoms with Crippen molar-refractivity contribution < 1.29 is 14.4 Å². The van der Waals surface area contributed by atoms with Crippen molar-refractivity contribution in [1.29, 1.82) is 0 Å². The van der Waals surface area contributed by atoms with Gasteiger partial charge in [0.1, 0.15) is 6.61 Å². The van der Waals surface area contributed by atoms with Gasteiger partial charge in [0.15, 0.2) is 11.5 Å². The lowest BCUT2D eigenvalue weighted by Gasteiger charge is -2.13. The molecule has 3 aromatic carbocycles. The minimum Gasteiger partial charge on any atom is -0.493 e. The van der Waals surface area contributed by atoms with Crippen LogP contribution in [-0.4, -0.2) is 18.2 Å². The van der Waals surface area contributed by atoms with Crippen molar-refractivity contribution in [1.82, 2.24) is 0 Å². The van der Waals surface area contributed by atoms with E-state index in [1.165, 1.54) is 12.1 Å². The van der Waals surface area contributed by atoms with E-state index in [0.717, 1.165) is 20.4 Å². The average Bonchev–Trinajstić information content (AvgIpc) is 2.72. The van der Waals surface area contributed by atoms with Gasteiger partial charge in [0.2, 0.25) is 0 Å². The molecular weight excluding hydrogens is 471 g/mol. The van der Waals surface area contributed by atoms with Crippen molar-refractivity contribution in [2.24, 2.45) is 4.99 Å². The van der Waals surface area contributed by atoms with Gasteiger partial charge < -0.3 is 9.47 Å². The lowest BCUT2D eigenvalue weighted by Crippen LogP contribution is -2.01. The molecule has 28 heavy (non-hydrogen) atoms. The summed E-state index contributed by atoms with van der Waals surface area (Å²) in [6.07, 6.45) is 1.78. The second kappa shape index (κ2) is 9.32. The molecule has 0 aromatic heterocycles. The SMILES string of the molecule is COc1cc(C=Nc2ccccc2)cc(I)c1OCc1ccc([N+](=O)[O-])cc1. The molecule has 0 atom stereocenters. The van der Waals surface area contributed by atoms with E-state index in [-0.39, 0.29) is 12.3 Å². The zero-order valence-corrected chi connectivity index (χ0v) is 17.2. The summed E-state index contributed by atoms with van der Waals surface area (Å²) in [4.78, 5) is 14.8. The van der Waals surface area contributed by atoms with E-state index in [1.807, 2.05) is 42.5 Å². The Labute approximate surface area is 176 Å². The van der Waals surface area contributed by atoms with E-state index in [4.69, 9.17) is 9.47 Å². The summed E-state index contributed by atoms with van der Waals surface area (Å²) in [7, 11) is 1.59. The van der Waals surface area contributed by atoms with Crippen LogP contribution < -0.4 is 9.47 Å². The fourth-order valence-corrected chi connectivity index (χ4v) is 3.27. The van der Waals surface area contributed by atoms with Crippen LogP contribution in [0.1, 0.15) is 11.1 Å². The van der Waals surface area contributed by atoms with Crippen LogP contribution in [0.4, 0.5) is 11.4 Å². The van der Waals surface area contributed by atoms with E-state index in [9.17, 15) is 10.1 Å². The molecule has 0 radical (unpaired) electrons. The van der Waals surface area contributed by atoms with Crippen molar-refractivity contribution in [3.05, 3.63) is 91.5 Å². The third-order valence-corrected chi connectivity index (χ3v) is 4.70. The quantitative estimate of drug-likeness (QED) is 0.190. The zero-order chi connectivity index (χ0) is 19.9. The largest absolute Gasteiger partial charge is 0.493 e. The summed E-state index contributed by atoms with van der Waals surface area (Å²) in [6, 6.07) is 19.8. The van der Waals surface area contributed by atoms with Crippen LogP contribution in [0.5, 0.6) is 11.5 Å². The van der Waals surface area contributed by atoms with Gasteiger partial charge in [-0.15, -0.1) is 0 Å². The maximum absolute atomic E-state index is 10.7. The first kappa shape index (κ1) is 19.8. The van der Waals surface area contributed by atoms with Crippen LogP contribution in [0.2, 0.25) is 0 Å². The highest BCUT2D eigenvalue weighted by molar-refractivity contribution is 14.1. The van der Waals surface area contributed by atoms with Gasteiger partial charge in [-0.2, -0.15) is 0 Å². The van der Waals surface area contributed by atoms with Crippen molar-refractivity contribution in [3.8, 4) is 11.5 Å². The summed E-state index contributed by atoms with van der Waals surface area (Å²) < 4.78 is 12.3. The van der Waals surface area contributed by atoms with Gasteiger partial charge in [0, 0.05) is 18.3 Å². The summed E-state index contributed by atoms with van der Waals surface area (Å²) in [6.45, 7) is 0.280. The number of nitro groups is 1. The van der Waals surface area contributed by atoms with Crippen molar-refractivity contribution >= 4 is 40.2 Å². The topological polar surface area (TPSA) is 74.0 Å². The van der Waals surface area contributed by atoms with Crippen molar-refractivity contribution in [3.63, 3.8) is 0 Å². The molecule has 7 heteroatoms. The third-order valence-electron chi connectivity index (χ3n) is 3.90. The number of methoxy groups -OCH3 is 1. The minimum absolute atomic E-state index is 0.0537. The summed E-state index contributed by atoms with van der Waals surface area (Å²) in [5, 5.41) is 10.7. The highest BCUT2D eigenvalue weighted by Crippen LogP contribution is 2.34. The van der Waals surface area contributed by atoms with E-state index in [1.54, 1.807) is 25.5 Å². The smallest absolute Gasteiger partial charge is 0.269 e. The number of hydrogen-bond donors (Lipinski definition) is 0. The van der Waals surface area contributed by atoms with Gasteiger partial charge >= 0.3 is 0 Å². The molecule has 0 spiro atoms. The van der Waals surface area contributed by atoms with Crippen LogP contribution >= 0.6 is 22.6 Å². The van der Waals surface area contributed by atoms with Crippen LogP contribution in [0.3, 0.4) is 0 Å². The van der Waals surface area contributed by atoms with Crippen LogP contribution in [0.15, 0.2) is 71.7 Å². The molecule has 3 rings (SSSR count). The van der Waals surface area contributed by atoms with Crippen LogP contribution in [0.25, 0.3) is 0 Å². The Balaban J connectivity index is 1.76. The Morgan fingerprint density at radius 1 is 1.11 bits per heavy atom. The van der Waals surface area contributed by atoms with Gasteiger partial charge in [0.25, 0.3) is 5.69 Å². The fourth-order valence-electron chi connectivity index (χ4n) is 2.49. The number of rotatable bonds is 7. The fraction of sp³-hybridized carbons (Fsp3) is 0.0952. The van der Waals surface area contributed by atoms with Gasteiger partial charge in [-0.1, -0.05) is 18.2 Å². The standard InChI is InChI=1S/C21H17IN2O4/c1-27-20-12-16(13-23-17-5-3-2-4-6-17)11-19(22)21(20)28-14-15-7-9-18(10-8-15)24(25)26/h2-13H,14H2,1H3. The van der Waals surface area contributed by atoms with Crippen molar-refractivity contribution in [2.45, 2.75) is 6.61 Å². The van der Waals surface area contributed by atoms with Crippen molar-refractivity contribution in [2.75, 3.05) is 7.11 Å². The Bertz CT molecular complexity index is 989. The number of aliphatic imine (C=N–C) groups is 1. The van der Waals surface area contributed by atoms with E-state index in [2.05, 4.69) is 27.6 Å². The number of hydrogen-bond acceptors (Lipinski definition) is 5. The second-order valence-electron chi connectivity index (χ2n) is 5.84. The van der Waals surface area contributed by atoms with Crippen LogP contribution in [-0.2, 0) is 6.61 Å². The second-order valence-corrected chi connectivity index (χ2v) is 7.00. The number of nitro benzene ring substituents is 1. The molecule has 0 aliphatic heterocycles. The molecule has 0 aliphatic carbocycles. The highest BCUT2D eigenvalue weighted by atomic mass is 127. The Morgan fingerprint density at radius 2 is 1.82 bits per heavy atom. The molecule has 0 amide bonds. The molecule has 0 fully saturated rings. The first-order valence-corrected chi connectivity index (χ1v) is 9.47. The minimum atomic E-state index is -0.424. The summed E-state index contributed by atoms with van der Waals surface area (Å²) in [5.41, 5.74) is 2.65. The monoisotopic (exact) mass is 488 g/mol. The number of nitrogens with zero attached hydrogens (tertiary/aromatic N) is 2. The lowest BCUT2D eigenvalue weighted by atomic mass is 10.2. The number of benzene rings is 3. The van der Waals surface area contributed by atoms with Gasteiger partial charge in [-0.25, -0.2) is 0 Å². The molecule has 0 aliphatic rings. The first-order valence-electron chi connectivity index (χ1n) is 8.39. The number of ether oxygens (including phenoxy) is 2. The predicted octanol–water partition coefficient (Wildman–Crippen LogP) is 5.54. The lowest BCUT2D eigenvalue weighted by molar-refractivity contribution is -0.384. The van der Waals surface area contributed by atoms with E-state index < -0.39 is 4.92 Å². The molecule has 0 saturated carbocycles. The molecule has 0 bridgehead atoms. The Morgan fingerprint density at radius 3 is 2.46 bits per heavy atom. The molecular formula is C21H17IN2O4. The average molecular weight is 488 g/mol. The van der Waals surface area contributed by atoms with Crippen LogP contribution in [0, 0.1) is 13.7 Å². The molecule has 142 valence electrons. The molecule has 0 heterocycles. The molecule has 0 N–H and O–H groups in total. The zero-order valence-electron chi connectivity index (χ0n) is 15.0. The Hall–Kier alpha value is -2.94. The number of halogens is 1. The van der Waals surface area contributed by atoms with Gasteiger partial charge in [-0.3, -0.25) is 15.1 Å². The maximum atomic E-state index is 10.7. The highest BCUT2D eigenvalue weighted by Gasteiger charge is 2.12. The molecule has 0 unspecified atom stereocenters. The Kier molecular flexibility index (Phi) is 6.59. The van der Waals surface area contributed by atoms with E-state index >= 15 is 0 Å². The summed E-state index contributed by atoms with van der Waals surface area (Å²) >= 11 is 2.19. The maximum Gasteiger partial charge on any atom is 0.269 e. The third kappa shape index (κ3) is 5.07. The van der Waals surface area contributed by atoms with E-state index in [0.29, 0.717) is 11.5 Å². The molecule has 6 nitrogen and oxygen atoms in total. The first-order chi connectivity index (χ1) is 13.6. The normalized spacial score (nSPS) is 10.8. The van der Waals surface area contributed by atoms with Gasteiger partial charge in [0.05, 0.1) is 21.3 Å². The predicted molar refractivity (Wildman–Crippen MR) is 117 cm³/mol.